The van der Waals surface area contributed by atoms with E-state index in [2.05, 4.69) is 43.3 Å². The van der Waals surface area contributed by atoms with Crippen LogP contribution in [0, 0.1) is 0 Å². The lowest BCUT2D eigenvalue weighted by molar-refractivity contribution is 0.411. The molecule has 0 aliphatic carbocycles. The minimum Gasteiger partial charge on any atom is -0.493 e. The smallest absolute Gasteiger partial charge is 0.164 e. The molecule has 4 heteroatoms. The van der Waals surface area contributed by atoms with Crippen molar-refractivity contribution in [3.05, 3.63) is 18.0 Å². The molecular weight excluding hydrogens is 214 g/mol. The fourth-order valence-corrected chi connectivity index (χ4v) is 1.64. The molecule has 0 radical (unpaired) electrons. The Bertz CT molecular complexity index is 356. The second-order valence-corrected chi connectivity index (χ2v) is 4.18. The zero-order valence-corrected chi connectivity index (χ0v) is 11.2. The van der Waals surface area contributed by atoms with Gasteiger partial charge >= 0.3 is 0 Å². The van der Waals surface area contributed by atoms with E-state index >= 15 is 0 Å². The van der Waals surface area contributed by atoms with Crippen molar-refractivity contribution in [3.8, 4) is 5.75 Å². The molecule has 0 amide bonds. The highest BCUT2D eigenvalue weighted by molar-refractivity contribution is 5.53. The van der Waals surface area contributed by atoms with Crippen LogP contribution in [0.25, 0.3) is 6.08 Å². The van der Waals surface area contributed by atoms with E-state index in [9.17, 15) is 0 Å². The molecule has 17 heavy (non-hydrogen) atoms. The molecule has 0 fully saturated rings. The van der Waals surface area contributed by atoms with Crippen LogP contribution in [0.4, 0.5) is 0 Å². The molecule has 0 spiro atoms. The summed E-state index contributed by atoms with van der Waals surface area (Å²) in [5.74, 6) is 0.832. The van der Waals surface area contributed by atoms with E-state index in [4.69, 9.17) is 4.74 Å². The van der Waals surface area contributed by atoms with Crippen molar-refractivity contribution in [1.29, 1.82) is 0 Å². The fraction of sp³-hybridized carbons (Fsp3) is 0.615. The number of hydrogen-bond donors (Lipinski definition) is 1. The van der Waals surface area contributed by atoms with Gasteiger partial charge in [-0.25, -0.2) is 0 Å². The van der Waals surface area contributed by atoms with Crippen molar-refractivity contribution >= 4 is 6.08 Å². The average molecular weight is 237 g/mol. The van der Waals surface area contributed by atoms with Crippen molar-refractivity contribution < 1.29 is 4.74 Å². The average Bonchev–Trinajstić information content (AvgIpc) is 2.72. The number of rotatable bonds is 7. The predicted molar refractivity (Wildman–Crippen MR) is 71.4 cm³/mol. The topological polar surface area (TPSA) is 39.1 Å². The van der Waals surface area contributed by atoms with E-state index in [1.807, 2.05) is 4.68 Å². The first-order valence-electron chi connectivity index (χ1n) is 6.19. The molecule has 4 nitrogen and oxygen atoms in total. The van der Waals surface area contributed by atoms with Gasteiger partial charge in [0.05, 0.1) is 13.3 Å². The number of ether oxygens (including phenoxy) is 1. The number of nitrogens with zero attached hydrogens (tertiary/aromatic N) is 2. The van der Waals surface area contributed by atoms with Crippen LogP contribution in [-0.2, 0) is 0 Å². The van der Waals surface area contributed by atoms with E-state index in [-0.39, 0.29) is 0 Å². The fourth-order valence-electron chi connectivity index (χ4n) is 1.64. The van der Waals surface area contributed by atoms with Crippen LogP contribution < -0.4 is 10.1 Å². The summed E-state index contributed by atoms with van der Waals surface area (Å²) in [7, 11) is 1.68. The molecule has 0 aliphatic heterocycles. The van der Waals surface area contributed by atoms with Crippen LogP contribution in [0.3, 0.4) is 0 Å². The van der Waals surface area contributed by atoms with Gasteiger partial charge in [-0.05, 0) is 39.4 Å². The SMILES string of the molecule is CCNCC/C=C/c1c(OC)cnn1C(C)C. The molecule has 0 aliphatic rings. The molecule has 1 aromatic rings. The molecule has 0 unspecified atom stereocenters. The summed E-state index contributed by atoms with van der Waals surface area (Å²) in [6, 6.07) is 0.340. The van der Waals surface area contributed by atoms with Gasteiger partial charge < -0.3 is 10.1 Å². The van der Waals surface area contributed by atoms with Crippen LogP contribution in [0.5, 0.6) is 5.75 Å². The van der Waals surface area contributed by atoms with Gasteiger partial charge in [-0.15, -0.1) is 0 Å². The lowest BCUT2D eigenvalue weighted by Gasteiger charge is -2.09. The van der Waals surface area contributed by atoms with Crippen LogP contribution in [0.2, 0.25) is 0 Å². The van der Waals surface area contributed by atoms with Gasteiger partial charge in [-0.2, -0.15) is 5.10 Å². The second-order valence-electron chi connectivity index (χ2n) is 4.18. The predicted octanol–water partition coefficient (Wildman–Crippen LogP) is 2.49. The summed E-state index contributed by atoms with van der Waals surface area (Å²) in [5, 5.41) is 7.62. The molecule has 1 rings (SSSR count). The Morgan fingerprint density at radius 1 is 1.53 bits per heavy atom. The monoisotopic (exact) mass is 237 g/mol. The minimum absolute atomic E-state index is 0.340. The highest BCUT2D eigenvalue weighted by Gasteiger charge is 2.10. The van der Waals surface area contributed by atoms with Crippen molar-refractivity contribution in [2.24, 2.45) is 0 Å². The molecule has 0 aromatic carbocycles. The second kappa shape index (κ2) is 7.12. The maximum absolute atomic E-state index is 5.30. The number of methoxy groups -OCH3 is 1. The zero-order valence-electron chi connectivity index (χ0n) is 11.2. The molecule has 0 saturated heterocycles. The third-order valence-corrected chi connectivity index (χ3v) is 2.52. The first-order chi connectivity index (χ1) is 8.20. The highest BCUT2D eigenvalue weighted by Crippen LogP contribution is 2.22. The number of aromatic nitrogens is 2. The third kappa shape index (κ3) is 3.89. The Morgan fingerprint density at radius 3 is 2.88 bits per heavy atom. The Hall–Kier alpha value is -1.29. The van der Waals surface area contributed by atoms with E-state index in [0.29, 0.717) is 6.04 Å². The summed E-state index contributed by atoms with van der Waals surface area (Å²) >= 11 is 0. The van der Waals surface area contributed by atoms with E-state index in [1.54, 1.807) is 13.3 Å². The molecule has 1 N–H and O–H groups in total. The van der Waals surface area contributed by atoms with E-state index in [1.165, 1.54) is 0 Å². The third-order valence-electron chi connectivity index (χ3n) is 2.52. The van der Waals surface area contributed by atoms with Crippen molar-refractivity contribution in [2.75, 3.05) is 20.2 Å². The first kappa shape index (κ1) is 13.8. The van der Waals surface area contributed by atoms with Crippen LogP contribution in [0.1, 0.15) is 38.9 Å². The summed E-state index contributed by atoms with van der Waals surface area (Å²) in [6.07, 6.45) is 7.02. The van der Waals surface area contributed by atoms with Gasteiger partial charge in [0.25, 0.3) is 0 Å². The van der Waals surface area contributed by atoms with E-state index in [0.717, 1.165) is 31.0 Å². The molecule has 96 valence electrons. The van der Waals surface area contributed by atoms with Gasteiger partial charge in [0, 0.05) is 6.04 Å². The maximum atomic E-state index is 5.30. The van der Waals surface area contributed by atoms with Crippen molar-refractivity contribution in [2.45, 2.75) is 33.2 Å². The summed E-state index contributed by atoms with van der Waals surface area (Å²) < 4.78 is 7.28. The molecule has 0 saturated carbocycles. The van der Waals surface area contributed by atoms with Crippen LogP contribution in [0.15, 0.2) is 12.3 Å². The molecule has 0 bridgehead atoms. The Labute approximate surface area is 104 Å². The van der Waals surface area contributed by atoms with Gasteiger partial charge in [-0.3, -0.25) is 4.68 Å². The standard InChI is InChI=1S/C13H23N3O/c1-5-14-9-7-6-8-12-13(17-4)10-15-16(12)11(2)3/h6,8,10-11,14H,5,7,9H2,1-4H3/b8-6+. The Morgan fingerprint density at radius 2 is 2.29 bits per heavy atom. The quantitative estimate of drug-likeness (QED) is 0.740. The van der Waals surface area contributed by atoms with Crippen molar-refractivity contribution in [1.82, 2.24) is 15.1 Å². The minimum atomic E-state index is 0.340. The summed E-state index contributed by atoms with van der Waals surface area (Å²) in [5.41, 5.74) is 1.04. The molecular formula is C13H23N3O. The largest absolute Gasteiger partial charge is 0.493 e. The summed E-state index contributed by atoms with van der Waals surface area (Å²) in [6.45, 7) is 8.36. The van der Waals surface area contributed by atoms with Gasteiger partial charge in [0.2, 0.25) is 0 Å². The first-order valence-corrected chi connectivity index (χ1v) is 6.19. The maximum Gasteiger partial charge on any atom is 0.164 e. The molecule has 1 aromatic heterocycles. The van der Waals surface area contributed by atoms with Crippen LogP contribution >= 0.6 is 0 Å². The zero-order chi connectivity index (χ0) is 12.7. The van der Waals surface area contributed by atoms with Crippen molar-refractivity contribution in [3.63, 3.8) is 0 Å². The molecule has 1 heterocycles. The Kier molecular flexibility index (Phi) is 5.77. The van der Waals surface area contributed by atoms with E-state index < -0.39 is 0 Å². The van der Waals surface area contributed by atoms with Gasteiger partial charge in [0.15, 0.2) is 5.75 Å². The lowest BCUT2D eigenvalue weighted by Crippen LogP contribution is -2.12. The van der Waals surface area contributed by atoms with Crippen LogP contribution in [-0.4, -0.2) is 30.0 Å². The lowest BCUT2D eigenvalue weighted by atomic mass is 10.3. The van der Waals surface area contributed by atoms with Gasteiger partial charge in [0.1, 0.15) is 5.69 Å². The normalized spacial score (nSPS) is 11.6. The Balaban J connectivity index is 2.70. The number of hydrogen-bond acceptors (Lipinski definition) is 3. The number of nitrogens with one attached hydrogen (secondary N) is 1. The summed E-state index contributed by atoms with van der Waals surface area (Å²) in [4.78, 5) is 0. The van der Waals surface area contributed by atoms with Gasteiger partial charge in [-0.1, -0.05) is 13.0 Å². The molecule has 0 atom stereocenters. The highest BCUT2D eigenvalue weighted by atomic mass is 16.5.